The lowest BCUT2D eigenvalue weighted by Gasteiger charge is -2.26. The highest BCUT2D eigenvalue weighted by atomic mass is 35.5. The Morgan fingerprint density at radius 2 is 1.83 bits per heavy atom. The standard InChI is InChI=1S/C22H25ClN4O2/c23-19-13-17(22(29)26-10-2-1-3-11-26)15-25-21(19)24-14-16-6-8-18(9-7-16)27-12-4-5-20(27)28/h6-9,13,15H,1-5,10-12,14H2,(H,24,25). The first-order valence-electron chi connectivity index (χ1n) is 10.2. The highest BCUT2D eigenvalue weighted by Crippen LogP contribution is 2.24. The van der Waals surface area contributed by atoms with E-state index in [2.05, 4.69) is 10.3 Å². The molecule has 2 aromatic rings. The van der Waals surface area contributed by atoms with Crippen LogP contribution in [0.4, 0.5) is 11.5 Å². The maximum atomic E-state index is 12.6. The number of carbonyl (C=O) groups is 2. The van der Waals surface area contributed by atoms with E-state index >= 15 is 0 Å². The summed E-state index contributed by atoms with van der Waals surface area (Å²) in [6.45, 7) is 2.95. The lowest BCUT2D eigenvalue weighted by atomic mass is 10.1. The molecule has 2 amide bonds. The molecule has 6 nitrogen and oxygen atoms in total. The molecule has 7 heteroatoms. The van der Waals surface area contributed by atoms with Gasteiger partial charge in [-0.15, -0.1) is 0 Å². The molecular weight excluding hydrogens is 388 g/mol. The number of nitrogens with zero attached hydrogens (tertiary/aromatic N) is 3. The Balaban J connectivity index is 1.37. The molecule has 2 fully saturated rings. The molecule has 0 radical (unpaired) electrons. The Hall–Kier alpha value is -2.60. The van der Waals surface area contributed by atoms with Crippen LogP contribution >= 0.6 is 11.6 Å². The highest BCUT2D eigenvalue weighted by molar-refractivity contribution is 6.33. The molecule has 0 saturated carbocycles. The maximum absolute atomic E-state index is 12.6. The van der Waals surface area contributed by atoms with Crippen LogP contribution in [0.3, 0.4) is 0 Å². The summed E-state index contributed by atoms with van der Waals surface area (Å²) in [5.74, 6) is 0.740. The van der Waals surface area contributed by atoms with E-state index in [0.717, 1.165) is 50.1 Å². The van der Waals surface area contributed by atoms with Gasteiger partial charge in [0.1, 0.15) is 5.82 Å². The number of rotatable bonds is 5. The number of pyridine rings is 1. The van der Waals surface area contributed by atoms with Crippen molar-refractivity contribution in [3.05, 3.63) is 52.7 Å². The number of anilines is 2. The Kier molecular flexibility index (Phi) is 6.00. The van der Waals surface area contributed by atoms with E-state index in [4.69, 9.17) is 11.6 Å². The fourth-order valence-corrected chi connectivity index (χ4v) is 4.10. The zero-order chi connectivity index (χ0) is 20.2. The number of halogens is 1. The topological polar surface area (TPSA) is 65.5 Å². The number of carbonyl (C=O) groups excluding carboxylic acids is 2. The van der Waals surface area contributed by atoms with Gasteiger partial charge in [-0.2, -0.15) is 0 Å². The third-order valence-corrected chi connectivity index (χ3v) is 5.80. The van der Waals surface area contributed by atoms with Crippen molar-refractivity contribution in [3.8, 4) is 0 Å². The molecule has 2 aliphatic rings. The summed E-state index contributed by atoms with van der Waals surface area (Å²) in [5, 5.41) is 3.66. The number of benzene rings is 1. The van der Waals surface area contributed by atoms with Gasteiger partial charge in [-0.25, -0.2) is 4.98 Å². The van der Waals surface area contributed by atoms with Crippen molar-refractivity contribution in [2.24, 2.45) is 0 Å². The van der Waals surface area contributed by atoms with Crippen LogP contribution in [0.15, 0.2) is 36.5 Å². The number of hydrogen-bond donors (Lipinski definition) is 1. The van der Waals surface area contributed by atoms with E-state index in [1.807, 2.05) is 34.1 Å². The van der Waals surface area contributed by atoms with Crippen LogP contribution in [0.1, 0.15) is 48.0 Å². The van der Waals surface area contributed by atoms with E-state index in [0.29, 0.717) is 29.4 Å². The van der Waals surface area contributed by atoms with Crippen LogP contribution in [0.25, 0.3) is 0 Å². The highest BCUT2D eigenvalue weighted by Gasteiger charge is 2.21. The van der Waals surface area contributed by atoms with Crippen molar-refractivity contribution in [1.29, 1.82) is 0 Å². The summed E-state index contributed by atoms with van der Waals surface area (Å²) in [6.07, 6.45) is 6.43. The van der Waals surface area contributed by atoms with Crippen molar-refractivity contribution >= 4 is 34.9 Å². The quantitative estimate of drug-likeness (QED) is 0.802. The molecule has 0 aliphatic carbocycles. The molecule has 0 bridgehead atoms. The summed E-state index contributed by atoms with van der Waals surface area (Å²) in [5.41, 5.74) is 2.53. The van der Waals surface area contributed by atoms with Gasteiger partial charge in [0, 0.05) is 44.5 Å². The lowest BCUT2D eigenvalue weighted by molar-refractivity contribution is -0.117. The molecule has 0 atom stereocenters. The first-order chi connectivity index (χ1) is 14.1. The van der Waals surface area contributed by atoms with Gasteiger partial charge in [-0.1, -0.05) is 23.7 Å². The van der Waals surface area contributed by atoms with Gasteiger partial charge in [0.15, 0.2) is 0 Å². The number of piperidine rings is 1. The smallest absolute Gasteiger partial charge is 0.255 e. The fourth-order valence-electron chi connectivity index (χ4n) is 3.87. The fraction of sp³-hybridized carbons (Fsp3) is 0.409. The van der Waals surface area contributed by atoms with Crippen LogP contribution in [-0.2, 0) is 11.3 Å². The van der Waals surface area contributed by atoms with Gasteiger partial charge in [0.2, 0.25) is 5.91 Å². The molecular formula is C22H25ClN4O2. The van der Waals surface area contributed by atoms with Crippen molar-refractivity contribution in [2.45, 2.75) is 38.6 Å². The van der Waals surface area contributed by atoms with E-state index < -0.39 is 0 Å². The second-order valence-corrected chi connectivity index (χ2v) is 7.98. The van der Waals surface area contributed by atoms with Gasteiger partial charge in [-0.3, -0.25) is 9.59 Å². The number of amides is 2. The molecule has 2 aliphatic heterocycles. The summed E-state index contributed by atoms with van der Waals surface area (Å²) in [7, 11) is 0. The molecule has 1 aromatic heterocycles. The van der Waals surface area contributed by atoms with Crippen LogP contribution in [0, 0.1) is 0 Å². The molecule has 0 unspecified atom stereocenters. The average Bonchev–Trinajstić information content (AvgIpc) is 3.19. The third-order valence-electron chi connectivity index (χ3n) is 5.51. The van der Waals surface area contributed by atoms with Crippen LogP contribution in [0.2, 0.25) is 5.02 Å². The monoisotopic (exact) mass is 412 g/mol. The van der Waals surface area contributed by atoms with Gasteiger partial charge in [0.25, 0.3) is 5.91 Å². The van der Waals surface area contributed by atoms with Crippen molar-refractivity contribution < 1.29 is 9.59 Å². The Morgan fingerprint density at radius 3 is 2.48 bits per heavy atom. The molecule has 2 saturated heterocycles. The molecule has 1 N–H and O–H groups in total. The summed E-state index contributed by atoms with van der Waals surface area (Å²) < 4.78 is 0. The number of likely N-dealkylation sites (tertiary alicyclic amines) is 1. The van der Waals surface area contributed by atoms with Crippen LogP contribution in [0.5, 0.6) is 0 Å². The second kappa shape index (κ2) is 8.82. The van der Waals surface area contributed by atoms with Gasteiger partial charge in [-0.05, 0) is 49.4 Å². The SMILES string of the molecule is O=C(c1cnc(NCc2ccc(N3CCCC3=O)cc2)c(Cl)c1)N1CCCCC1. The minimum atomic E-state index is -0.00213. The largest absolute Gasteiger partial charge is 0.365 e. The van der Waals surface area contributed by atoms with Crippen molar-refractivity contribution in [2.75, 3.05) is 29.9 Å². The lowest BCUT2D eigenvalue weighted by Crippen LogP contribution is -2.35. The van der Waals surface area contributed by atoms with Gasteiger partial charge < -0.3 is 15.1 Å². The Labute approximate surface area is 175 Å². The molecule has 3 heterocycles. The molecule has 1 aromatic carbocycles. The van der Waals surface area contributed by atoms with E-state index in [1.165, 1.54) is 6.42 Å². The maximum Gasteiger partial charge on any atom is 0.255 e. The number of aromatic nitrogens is 1. The predicted molar refractivity (Wildman–Crippen MR) is 114 cm³/mol. The first-order valence-corrected chi connectivity index (χ1v) is 10.6. The van der Waals surface area contributed by atoms with Crippen LogP contribution in [-0.4, -0.2) is 41.3 Å². The summed E-state index contributed by atoms with van der Waals surface area (Å²) >= 11 is 6.37. The molecule has 4 rings (SSSR count). The zero-order valence-corrected chi connectivity index (χ0v) is 17.1. The summed E-state index contributed by atoms with van der Waals surface area (Å²) in [6, 6.07) is 9.62. The van der Waals surface area contributed by atoms with Gasteiger partial charge in [0.05, 0.1) is 10.6 Å². The first kappa shape index (κ1) is 19.7. The third kappa shape index (κ3) is 4.53. The van der Waals surface area contributed by atoms with Crippen molar-refractivity contribution in [3.63, 3.8) is 0 Å². The normalized spacial score (nSPS) is 16.9. The zero-order valence-electron chi connectivity index (χ0n) is 16.4. The second-order valence-electron chi connectivity index (χ2n) is 7.58. The van der Waals surface area contributed by atoms with Crippen LogP contribution < -0.4 is 10.2 Å². The van der Waals surface area contributed by atoms with E-state index in [1.54, 1.807) is 12.3 Å². The minimum Gasteiger partial charge on any atom is -0.365 e. The molecule has 0 spiro atoms. The van der Waals surface area contributed by atoms with E-state index in [9.17, 15) is 9.59 Å². The Morgan fingerprint density at radius 1 is 1.07 bits per heavy atom. The Bertz CT molecular complexity index is 894. The van der Waals surface area contributed by atoms with E-state index in [-0.39, 0.29) is 11.8 Å². The summed E-state index contributed by atoms with van der Waals surface area (Å²) in [4.78, 5) is 32.5. The van der Waals surface area contributed by atoms with Crippen molar-refractivity contribution in [1.82, 2.24) is 9.88 Å². The minimum absolute atomic E-state index is 0.00213. The predicted octanol–water partition coefficient (Wildman–Crippen LogP) is 4.10. The number of nitrogens with one attached hydrogen (secondary N) is 1. The molecule has 29 heavy (non-hydrogen) atoms. The average molecular weight is 413 g/mol. The molecule has 152 valence electrons. The van der Waals surface area contributed by atoms with Gasteiger partial charge >= 0.3 is 0 Å². The number of hydrogen-bond acceptors (Lipinski definition) is 4.